The van der Waals surface area contributed by atoms with Crippen LogP contribution in [0.25, 0.3) is 33.9 Å². The highest BCUT2D eigenvalue weighted by molar-refractivity contribution is 9.10. The summed E-state index contributed by atoms with van der Waals surface area (Å²) in [6, 6.07) is 35.4. The first-order chi connectivity index (χ1) is 48.2. The summed E-state index contributed by atoms with van der Waals surface area (Å²) in [5.41, 5.74) is 4.64. The van der Waals surface area contributed by atoms with Crippen LogP contribution in [0.3, 0.4) is 0 Å². The molecule has 11 rings (SSSR count). The molecule has 5 heterocycles. The second-order valence-electron chi connectivity index (χ2n) is 30.3. The van der Waals surface area contributed by atoms with Gasteiger partial charge < -0.3 is 47.2 Å². The fraction of sp³-hybridized carbons (Fsp3) is 0.474. The Hall–Kier alpha value is -7.72. The number of ether oxygens (including phenoxy) is 8. The highest BCUT2D eigenvalue weighted by atomic mass is 79.9. The number of hydrogen-bond donors (Lipinski definition) is 0. The Morgan fingerprint density at radius 3 is 1.41 bits per heavy atom. The van der Waals surface area contributed by atoms with Crippen molar-refractivity contribution in [2.24, 2.45) is 10.8 Å². The second kappa shape index (κ2) is 33.8. The van der Waals surface area contributed by atoms with E-state index in [0.717, 1.165) is 58.2 Å². The van der Waals surface area contributed by atoms with Crippen molar-refractivity contribution in [2.75, 3.05) is 26.4 Å². The molecule has 4 aromatic heterocycles. The van der Waals surface area contributed by atoms with Gasteiger partial charge in [-0.3, -0.25) is 9.59 Å². The van der Waals surface area contributed by atoms with E-state index < -0.39 is 51.1 Å². The molecule has 4 aromatic carbocycles. The summed E-state index contributed by atoms with van der Waals surface area (Å²) in [5.74, 6) is 0.0914. The Morgan fingerprint density at radius 2 is 1.01 bits per heavy atom. The lowest BCUT2D eigenvalue weighted by Gasteiger charge is -2.32. The zero-order valence-corrected chi connectivity index (χ0v) is 65.4. The Kier molecular flexibility index (Phi) is 26.0. The molecular formula is C76H98BBrF2N8O12Si2. The summed E-state index contributed by atoms with van der Waals surface area (Å²) >= 11 is 3.25. The summed E-state index contributed by atoms with van der Waals surface area (Å²) in [6.07, 6.45) is 6.17. The van der Waals surface area contributed by atoms with Gasteiger partial charge in [0.15, 0.2) is 11.6 Å². The number of halogens is 3. The van der Waals surface area contributed by atoms with E-state index in [1.807, 2.05) is 142 Å². The smallest absolute Gasteiger partial charge is 0.476 e. The molecule has 0 amide bonds. The van der Waals surface area contributed by atoms with Gasteiger partial charge >= 0.3 is 31.1 Å². The van der Waals surface area contributed by atoms with Gasteiger partial charge in [-0.1, -0.05) is 122 Å². The minimum absolute atomic E-state index is 0.0625. The molecule has 2 aliphatic carbocycles. The first-order valence-electron chi connectivity index (χ1n) is 34.8. The molecule has 1 aliphatic heterocycles. The first kappa shape index (κ1) is 78.4. The number of carbonyl (C=O) groups excluding carboxylic acids is 2. The van der Waals surface area contributed by atoms with Gasteiger partial charge in [0.2, 0.25) is 11.8 Å². The Morgan fingerprint density at radius 1 is 0.578 bits per heavy atom. The van der Waals surface area contributed by atoms with Crippen LogP contribution in [-0.2, 0) is 64.5 Å². The van der Waals surface area contributed by atoms with E-state index in [9.17, 15) is 14.0 Å². The van der Waals surface area contributed by atoms with Crippen LogP contribution in [0.2, 0.25) is 51.4 Å². The molecule has 0 radical (unpaired) electrons. The van der Waals surface area contributed by atoms with Gasteiger partial charge in [-0.15, -0.1) is 10.2 Å². The van der Waals surface area contributed by atoms with Crippen molar-refractivity contribution in [3.05, 3.63) is 160 Å². The third kappa shape index (κ3) is 21.9. The molecule has 3 fully saturated rings. The minimum atomic E-state index is -1.24. The molecule has 20 nitrogen and oxygen atoms in total. The van der Waals surface area contributed by atoms with Gasteiger partial charge in [-0.25, -0.2) is 18.7 Å². The number of aromatic nitrogens is 8. The number of aryl methyl sites for hydroxylation is 2. The van der Waals surface area contributed by atoms with Crippen LogP contribution in [0.15, 0.2) is 126 Å². The molecule has 8 aromatic rings. The molecule has 546 valence electrons. The molecule has 0 unspecified atom stereocenters. The number of esters is 2. The third-order valence-corrected chi connectivity index (χ3v) is 21.7. The lowest BCUT2D eigenvalue weighted by atomic mass is 9.77. The highest BCUT2D eigenvalue weighted by Crippen LogP contribution is 2.48. The third-order valence-electron chi connectivity index (χ3n) is 17.8. The molecule has 0 N–H and O–H groups in total. The van der Waals surface area contributed by atoms with Crippen LogP contribution in [0.1, 0.15) is 103 Å². The number of hydrogen-bond acceptors (Lipinski definition) is 18. The van der Waals surface area contributed by atoms with Crippen molar-refractivity contribution >= 4 is 56.6 Å². The van der Waals surface area contributed by atoms with E-state index in [4.69, 9.17) is 47.2 Å². The lowest BCUT2D eigenvalue weighted by Crippen LogP contribution is -2.41. The van der Waals surface area contributed by atoms with Crippen molar-refractivity contribution in [3.8, 4) is 57.7 Å². The van der Waals surface area contributed by atoms with E-state index in [1.165, 1.54) is 16.8 Å². The molecule has 1 saturated heterocycles. The number of benzene rings is 4. The quantitative estimate of drug-likeness (QED) is 0.0232. The van der Waals surface area contributed by atoms with Gasteiger partial charge in [0.25, 0.3) is 0 Å². The van der Waals surface area contributed by atoms with Crippen LogP contribution in [0, 0.1) is 36.3 Å². The number of rotatable bonds is 30. The van der Waals surface area contributed by atoms with Gasteiger partial charge in [0.1, 0.15) is 62.4 Å². The van der Waals surface area contributed by atoms with E-state index in [2.05, 4.69) is 85.3 Å². The monoisotopic (exact) mass is 1500 g/mol. The maximum Gasteiger partial charge on any atom is 0.496 e. The largest absolute Gasteiger partial charge is 0.496 e. The van der Waals surface area contributed by atoms with Crippen molar-refractivity contribution in [1.29, 1.82) is 0 Å². The molecule has 0 atom stereocenters. The van der Waals surface area contributed by atoms with Crippen LogP contribution in [0.5, 0.6) is 23.8 Å². The Bertz CT molecular complexity index is 4110. The maximum atomic E-state index is 15.5. The summed E-state index contributed by atoms with van der Waals surface area (Å²) in [6.45, 7) is 36.1. The van der Waals surface area contributed by atoms with E-state index in [0.29, 0.717) is 59.4 Å². The minimum Gasteiger partial charge on any atom is -0.476 e. The molecule has 0 bridgehead atoms. The van der Waals surface area contributed by atoms with Gasteiger partial charge in [-0.2, -0.15) is 19.3 Å². The summed E-state index contributed by atoms with van der Waals surface area (Å²) in [7, 11) is -2.85. The standard InChI is InChI=1S/C35H43FN4O5Si.C24H30BNO5.C17H25BrFN3O2Si/c1-24(2)45-34-38-32(39-40(34)23-42-16-17-46(4,5)6)28-13-12-27(19-30(28)36)29-20-37-31(18-25(29)3)44-22-35(14-15-35)33(41)43-21-26-10-8-7-9-11-26;1-17-13-20(26-14-19(17)25-30-22(2,3)23(4,5)31-25)29-16-24(11-12-24)21(27)28-15-18-9-7-6-8-10-18;1-12(2)24-17-20-16(14-7-6-13(18)10-15(14)19)21-22(17)11-23-8-9-25(3,4)5/h7-13,18-20,24H,14-17,21-23H2,1-6H3;6-10,13-14H,11-12,15-16H2,1-5H3;6-7,10,12H,8-9,11H2,1-5H3. The van der Waals surface area contributed by atoms with Crippen molar-refractivity contribution < 1.29 is 65.6 Å². The predicted octanol–water partition coefficient (Wildman–Crippen LogP) is 16.0. The molecule has 102 heavy (non-hydrogen) atoms. The van der Waals surface area contributed by atoms with E-state index in [1.54, 1.807) is 41.3 Å². The highest BCUT2D eigenvalue weighted by Gasteiger charge is 2.54. The van der Waals surface area contributed by atoms with Crippen LogP contribution in [-0.4, -0.2) is 125 Å². The normalized spacial score (nSPS) is 15.4. The number of nitrogens with zero attached hydrogens (tertiary/aromatic N) is 8. The first-order valence-corrected chi connectivity index (χ1v) is 43.0. The fourth-order valence-electron chi connectivity index (χ4n) is 10.3. The van der Waals surface area contributed by atoms with Crippen LogP contribution in [0.4, 0.5) is 8.78 Å². The number of carbonyl (C=O) groups is 2. The fourth-order valence-corrected chi connectivity index (χ4v) is 12.1. The van der Waals surface area contributed by atoms with Gasteiger partial charge in [0.05, 0.1) is 34.5 Å². The molecule has 2 saturated carbocycles. The average molecular weight is 1500 g/mol. The van der Waals surface area contributed by atoms with Gasteiger partial charge in [0, 0.05) is 69.4 Å². The summed E-state index contributed by atoms with van der Waals surface area (Å²) in [4.78, 5) is 43.1. The summed E-state index contributed by atoms with van der Waals surface area (Å²) in [5, 5.41) is 8.88. The lowest BCUT2D eigenvalue weighted by molar-refractivity contribution is -0.153. The molecule has 26 heteroatoms. The second-order valence-corrected chi connectivity index (χ2v) is 42.5. The molecule has 3 aliphatic rings. The zero-order chi connectivity index (χ0) is 73.8. The van der Waals surface area contributed by atoms with Crippen LogP contribution >= 0.6 is 15.9 Å². The predicted molar refractivity (Wildman–Crippen MR) is 398 cm³/mol. The zero-order valence-electron chi connectivity index (χ0n) is 61.8. The maximum absolute atomic E-state index is 15.5. The molecular weight excluding hydrogens is 1400 g/mol. The Labute approximate surface area is 609 Å². The van der Waals surface area contributed by atoms with Gasteiger partial charge in [-0.05, 0) is 165 Å². The molecule has 0 spiro atoms. The van der Waals surface area contributed by atoms with Crippen LogP contribution < -0.4 is 24.4 Å². The van der Waals surface area contributed by atoms with E-state index in [-0.39, 0.29) is 93.1 Å². The topological polar surface area (TPSA) is 214 Å². The van der Waals surface area contributed by atoms with E-state index >= 15 is 4.39 Å². The SMILES string of the molecule is CC(C)Oc1nc(-c2ccc(Br)cc2F)nn1COCC[Si](C)(C)C.Cc1cc(OCC2(C(=O)OCc3ccccc3)CC2)ncc1-c1ccc(-c2nc(OC(C)C)n(COCC[Si](C)(C)C)n2)c(F)c1.Cc1cc(OCC2(C(=O)OCc3ccccc3)CC2)ncc1B1OC(C)(C)C(C)(C)O1. The van der Waals surface area contributed by atoms with Crippen molar-refractivity contribution in [2.45, 2.75) is 196 Å². The Balaban J connectivity index is 0.000000188. The average Bonchev–Trinajstić information content (AvgIpc) is 1.43. The number of pyridine rings is 2. The van der Waals surface area contributed by atoms with Crippen molar-refractivity contribution in [1.82, 2.24) is 39.5 Å². The van der Waals surface area contributed by atoms with Crippen molar-refractivity contribution in [3.63, 3.8) is 0 Å². The summed E-state index contributed by atoms with van der Waals surface area (Å²) < 4.78 is 91.8.